The molecule has 0 saturated carbocycles. The second-order valence-electron chi connectivity index (χ2n) is 8.47. The van der Waals surface area contributed by atoms with Gasteiger partial charge in [0.15, 0.2) is 0 Å². The Kier molecular flexibility index (Phi) is 6.93. The zero-order valence-corrected chi connectivity index (χ0v) is 18.1. The fourth-order valence-corrected chi connectivity index (χ4v) is 4.06. The lowest BCUT2D eigenvalue weighted by atomic mass is 9.86. The molecule has 2 aromatic carbocycles. The summed E-state index contributed by atoms with van der Waals surface area (Å²) in [6, 6.07) is 11.1. The average Bonchev–Trinajstić information content (AvgIpc) is 2.75. The van der Waals surface area contributed by atoms with Gasteiger partial charge in [0.1, 0.15) is 0 Å². The SMILES string of the molecule is C[C@H](NC(=O)[C@@]1(C)CCCCN1Cc1ccc(C(F)(F)F)cc1)c1ccc(C(=O)O)cc1. The molecule has 0 spiro atoms. The number of amides is 1. The van der Waals surface area contributed by atoms with Crippen LogP contribution in [0.15, 0.2) is 48.5 Å². The molecule has 1 heterocycles. The van der Waals surface area contributed by atoms with Crippen LogP contribution in [0.2, 0.25) is 0 Å². The molecule has 2 N–H and O–H groups in total. The molecule has 1 aliphatic heterocycles. The van der Waals surface area contributed by atoms with Crippen molar-refractivity contribution in [2.75, 3.05) is 6.54 Å². The number of likely N-dealkylation sites (tertiary alicyclic amines) is 1. The van der Waals surface area contributed by atoms with Gasteiger partial charge in [0.25, 0.3) is 0 Å². The number of halogens is 3. The molecule has 3 rings (SSSR count). The van der Waals surface area contributed by atoms with Crippen LogP contribution in [0.3, 0.4) is 0 Å². The molecule has 1 saturated heterocycles. The fraction of sp³-hybridized carbons (Fsp3) is 0.417. The highest BCUT2D eigenvalue weighted by Crippen LogP contribution is 2.32. The lowest BCUT2D eigenvalue weighted by Gasteiger charge is -2.44. The van der Waals surface area contributed by atoms with Crippen molar-refractivity contribution in [3.8, 4) is 0 Å². The topological polar surface area (TPSA) is 69.6 Å². The second-order valence-corrected chi connectivity index (χ2v) is 8.47. The molecule has 8 heteroatoms. The van der Waals surface area contributed by atoms with Gasteiger partial charge in [-0.15, -0.1) is 0 Å². The number of aromatic carboxylic acids is 1. The van der Waals surface area contributed by atoms with Crippen molar-refractivity contribution in [2.24, 2.45) is 0 Å². The number of carboxylic acids is 1. The number of carboxylic acid groups (broad SMARTS) is 1. The van der Waals surface area contributed by atoms with Crippen LogP contribution in [-0.2, 0) is 17.5 Å². The first-order valence-electron chi connectivity index (χ1n) is 10.6. The maximum Gasteiger partial charge on any atom is 0.416 e. The molecule has 0 aliphatic carbocycles. The van der Waals surface area contributed by atoms with Crippen LogP contribution >= 0.6 is 0 Å². The van der Waals surface area contributed by atoms with Crippen molar-refractivity contribution in [2.45, 2.75) is 57.4 Å². The van der Waals surface area contributed by atoms with E-state index in [0.29, 0.717) is 19.5 Å². The minimum Gasteiger partial charge on any atom is -0.478 e. The monoisotopic (exact) mass is 448 g/mol. The van der Waals surface area contributed by atoms with Crippen LogP contribution in [0.5, 0.6) is 0 Å². The summed E-state index contributed by atoms with van der Waals surface area (Å²) >= 11 is 0. The molecule has 2 atom stereocenters. The molecule has 1 amide bonds. The maximum absolute atomic E-state index is 13.3. The van der Waals surface area contributed by atoms with E-state index in [1.165, 1.54) is 24.3 Å². The Morgan fingerprint density at radius 1 is 1.09 bits per heavy atom. The molecule has 172 valence electrons. The van der Waals surface area contributed by atoms with Gasteiger partial charge in [0.05, 0.1) is 22.7 Å². The summed E-state index contributed by atoms with van der Waals surface area (Å²) in [6.07, 6.45) is -1.94. The van der Waals surface area contributed by atoms with E-state index < -0.39 is 23.2 Å². The summed E-state index contributed by atoms with van der Waals surface area (Å²) < 4.78 is 38.5. The van der Waals surface area contributed by atoms with Crippen molar-refractivity contribution < 1.29 is 27.9 Å². The largest absolute Gasteiger partial charge is 0.478 e. The van der Waals surface area contributed by atoms with Crippen LogP contribution in [-0.4, -0.2) is 34.0 Å². The summed E-state index contributed by atoms with van der Waals surface area (Å²) in [5, 5.41) is 12.1. The fourth-order valence-electron chi connectivity index (χ4n) is 4.06. The maximum atomic E-state index is 13.3. The molecular weight excluding hydrogens is 421 g/mol. The first-order chi connectivity index (χ1) is 15.0. The Hall–Kier alpha value is -2.87. The summed E-state index contributed by atoms with van der Waals surface area (Å²) in [5.74, 6) is -1.17. The third kappa shape index (κ3) is 5.30. The molecule has 2 aromatic rings. The molecule has 1 aliphatic rings. The molecule has 0 unspecified atom stereocenters. The summed E-state index contributed by atoms with van der Waals surface area (Å²) in [4.78, 5) is 26.3. The number of nitrogens with zero attached hydrogens (tertiary/aromatic N) is 1. The smallest absolute Gasteiger partial charge is 0.416 e. The lowest BCUT2D eigenvalue weighted by molar-refractivity contribution is -0.137. The van der Waals surface area contributed by atoms with E-state index >= 15 is 0 Å². The van der Waals surface area contributed by atoms with Crippen LogP contribution in [0, 0.1) is 0 Å². The number of benzene rings is 2. The Morgan fingerprint density at radius 2 is 1.72 bits per heavy atom. The third-order valence-electron chi connectivity index (χ3n) is 6.19. The number of carbonyl (C=O) groups excluding carboxylic acids is 1. The molecule has 5 nitrogen and oxygen atoms in total. The van der Waals surface area contributed by atoms with E-state index in [9.17, 15) is 22.8 Å². The number of hydrogen-bond donors (Lipinski definition) is 2. The molecule has 0 bridgehead atoms. The predicted molar refractivity (Wildman–Crippen MR) is 114 cm³/mol. The van der Waals surface area contributed by atoms with Gasteiger partial charge in [-0.25, -0.2) is 4.79 Å². The second kappa shape index (κ2) is 9.32. The van der Waals surface area contributed by atoms with Gasteiger partial charge in [-0.05, 0) is 75.0 Å². The Morgan fingerprint density at radius 3 is 2.28 bits per heavy atom. The molecule has 0 radical (unpaired) electrons. The summed E-state index contributed by atoms with van der Waals surface area (Å²) in [6.45, 7) is 4.75. The molecule has 0 aromatic heterocycles. The van der Waals surface area contributed by atoms with Gasteiger partial charge in [0, 0.05) is 6.54 Å². The quantitative estimate of drug-likeness (QED) is 0.651. The van der Waals surface area contributed by atoms with Crippen molar-refractivity contribution in [1.82, 2.24) is 10.2 Å². The molecular formula is C24H27F3N2O3. The minimum absolute atomic E-state index is 0.154. The Balaban J connectivity index is 1.72. The van der Waals surface area contributed by atoms with Gasteiger partial charge >= 0.3 is 12.1 Å². The first-order valence-corrected chi connectivity index (χ1v) is 10.6. The van der Waals surface area contributed by atoms with E-state index in [1.54, 1.807) is 12.1 Å². The number of alkyl halides is 3. The zero-order valence-electron chi connectivity index (χ0n) is 18.1. The van der Waals surface area contributed by atoms with Gasteiger partial charge in [0.2, 0.25) is 5.91 Å². The van der Waals surface area contributed by atoms with Gasteiger partial charge in [-0.2, -0.15) is 13.2 Å². The number of nitrogens with one attached hydrogen (secondary N) is 1. The van der Waals surface area contributed by atoms with Crippen molar-refractivity contribution in [3.63, 3.8) is 0 Å². The minimum atomic E-state index is -4.38. The zero-order chi connectivity index (χ0) is 23.5. The van der Waals surface area contributed by atoms with E-state index in [2.05, 4.69) is 5.32 Å². The van der Waals surface area contributed by atoms with Crippen LogP contribution in [0.4, 0.5) is 13.2 Å². The van der Waals surface area contributed by atoms with Gasteiger partial charge in [-0.3, -0.25) is 9.69 Å². The summed E-state index contributed by atoms with van der Waals surface area (Å²) in [5.41, 5.74) is 0.196. The average molecular weight is 448 g/mol. The van der Waals surface area contributed by atoms with Crippen molar-refractivity contribution >= 4 is 11.9 Å². The van der Waals surface area contributed by atoms with Crippen molar-refractivity contribution in [3.05, 3.63) is 70.8 Å². The van der Waals surface area contributed by atoms with E-state index in [1.807, 2.05) is 18.7 Å². The molecule has 32 heavy (non-hydrogen) atoms. The van der Waals surface area contributed by atoms with Crippen LogP contribution < -0.4 is 5.32 Å². The van der Waals surface area contributed by atoms with Crippen LogP contribution in [0.25, 0.3) is 0 Å². The van der Waals surface area contributed by atoms with Crippen molar-refractivity contribution in [1.29, 1.82) is 0 Å². The standard InChI is InChI=1S/C24H27F3N2O3/c1-16(18-7-9-19(10-8-18)21(30)31)28-22(32)23(2)13-3-4-14-29(23)15-17-5-11-20(12-6-17)24(25,26)27/h5-12,16H,3-4,13-15H2,1-2H3,(H,28,32)(H,30,31)/t16-,23+/m0/s1. The summed E-state index contributed by atoms with van der Waals surface area (Å²) in [7, 11) is 0. The number of hydrogen-bond acceptors (Lipinski definition) is 3. The first kappa shape index (κ1) is 23.8. The molecule has 1 fully saturated rings. The third-order valence-corrected chi connectivity index (χ3v) is 6.19. The number of piperidine rings is 1. The van der Waals surface area contributed by atoms with E-state index in [-0.39, 0.29) is 17.5 Å². The number of rotatable bonds is 6. The Bertz CT molecular complexity index is 958. The Labute approximate surface area is 185 Å². The van der Waals surface area contributed by atoms with E-state index in [0.717, 1.165) is 36.1 Å². The highest BCUT2D eigenvalue weighted by atomic mass is 19.4. The van der Waals surface area contributed by atoms with Crippen LogP contribution in [0.1, 0.15) is 66.2 Å². The number of carbonyl (C=O) groups is 2. The predicted octanol–water partition coefficient (Wildman–Crippen LogP) is 5.03. The van der Waals surface area contributed by atoms with Gasteiger partial charge in [-0.1, -0.05) is 24.3 Å². The lowest BCUT2D eigenvalue weighted by Crippen LogP contribution is -2.58. The van der Waals surface area contributed by atoms with Gasteiger partial charge < -0.3 is 10.4 Å². The normalized spacial score (nSPS) is 20.5. The highest BCUT2D eigenvalue weighted by Gasteiger charge is 2.41. The van der Waals surface area contributed by atoms with E-state index in [4.69, 9.17) is 5.11 Å². The highest BCUT2D eigenvalue weighted by molar-refractivity contribution is 5.88.